The fourth-order valence-corrected chi connectivity index (χ4v) is 2.50. The molecule has 3 heteroatoms. The Morgan fingerprint density at radius 3 is 2.50 bits per heavy atom. The van der Waals surface area contributed by atoms with Crippen LogP contribution in [0.15, 0.2) is 0 Å². The summed E-state index contributed by atoms with van der Waals surface area (Å²) in [4.78, 5) is 0. The lowest BCUT2D eigenvalue weighted by atomic mass is 10.6. The second kappa shape index (κ2) is 2.62. The van der Waals surface area contributed by atoms with Gasteiger partial charge in [0, 0.05) is 13.1 Å². The van der Waals surface area contributed by atoms with Crippen molar-refractivity contribution in [2.24, 2.45) is 0 Å². The van der Waals surface area contributed by atoms with E-state index < -0.39 is 0 Å². The van der Waals surface area contributed by atoms with Crippen molar-refractivity contribution in [2.75, 3.05) is 26.7 Å². The number of hydrogen-bond acceptors (Lipinski definition) is 2. The maximum Gasteiger partial charge on any atom is 0.172 e. The van der Waals surface area contributed by atoms with Crippen molar-refractivity contribution in [3.63, 3.8) is 0 Å². The summed E-state index contributed by atoms with van der Waals surface area (Å²) in [6.45, 7) is 6.13. The fourth-order valence-electron chi connectivity index (χ4n) is 1.05. The Labute approximate surface area is 53.4 Å². The highest BCUT2D eigenvalue weighted by atomic mass is 28.2. The number of nitrogens with zero attached hydrogens (tertiary/aromatic N) is 2. The zero-order valence-corrected chi connectivity index (χ0v) is 7.14. The minimum absolute atomic E-state index is 0.0482. The molecule has 0 unspecified atom stereocenters. The Balaban J connectivity index is 2.22. The van der Waals surface area contributed by atoms with Gasteiger partial charge in [-0.2, -0.15) is 0 Å². The molecule has 0 aromatic carbocycles. The molecule has 0 radical (unpaired) electrons. The van der Waals surface area contributed by atoms with Gasteiger partial charge in [-0.1, -0.05) is 6.92 Å². The molecule has 48 valence electrons. The third kappa shape index (κ3) is 1.31. The van der Waals surface area contributed by atoms with E-state index in [1.54, 1.807) is 0 Å². The van der Waals surface area contributed by atoms with E-state index >= 15 is 0 Å². The molecule has 1 saturated heterocycles. The quantitative estimate of drug-likeness (QED) is 0.431. The molecule has 0 atom stereocenters. The zero-order chi connectivity index (χ0) is 5.98. The molecule has 1 heterocycles. The molecule has 0 aromatic rings. The lowest BCUT2D eigenvalue weighted by Gasteiger charge is -2.09. The molecule has 0 amide bonds. The van der Waals surface area contributed by atoms with Crippen LogP contribution in [0.1, 0.15) is 6.92 Å². The third-order valence-electron chi connectivity index (χ3n) is 1.69. The molecule has 0 saturated carbocycles. The average molecular weight is 130 g/mol. The molecule has 1 aliphatic heterocycles. The summed E-state index contributed by atoms with van der Waals surface area (Å²) in [6, 6.07) is 0. The Bertz CT molecular complexity index is 76.8. The SMILES string of the molecule is CCN1CCN(C)[SiH2]1. The molecular formula is C5H14N2Si. The normalized spacial score (nSPS) is 27.8. The Hall–Kier alpha value is 0.137. The minimum Gasteiger partial charge on any atom is -0.318 e. The summed E-state index contributed by atoms with van der Waals surface area (Å²) in [5.41, 5.74) is 0. The minimum atomic E-state index is 0.0482. The van der Waals surface area contributed by atoms with Crippen LogP contribution in [-0.4, -0.2) is 45.7 Å². The first kappa shape index (κ1) is 6.26. The van der Waals surface area contributed by atoms with Gasteiger partial charge in [-0.15, -0.1) is 0 Å². The van der Waals surface area contributed by atoms with E-state index in [4.69, 9.17) is 0 Å². The largest absolute Gasteiger partial charge is 0.318 e. The van der Waals surface area contributed by atoms with Crippen molar-refractivity contribution in [1.29, 1.82) is 0 Å². The van der Waals surface area contributed by atoms with Crippen molar-refractivity contribution in [1.82, 2.24) is 9.13 Å². The monoisotopic (exact) mass is 130 g/mol. The van der Waals surface area contributed by atoms with Crippen molar-refractivity contribution >= 4 is 9.84 Å². The molecule has 1 rings (SSSR count). The highest BCUT2D eigenvalue weighted by Crippen LogP contribution is 1.96. The van der Waals surface area contributed by atoms with Crippen molar-refractivity contribution in [3.05, 3.63) is 0 Å². The standard InChI is InChI=1S/C5H14N2Si/c1-3-7-5-4-6(2)8-7/h3-5,8H2,1-2H3. The van der Waals surface area contributed by atoms with Crippen molar-refractivity contribution < 1.29 is 0 Å². The summed E-state index contributed by atoms with van der Waals surface area (Å²) < 4.78 is 5.05. The van der Waals surface area contributed by atoms with Crippen LogP contribution >= 0.6 is 0 Å². The van der Waals surface area contributed by atoms with Crippen LogP contribution in [0.5, 0.6) is 0 Å². The first-order valence-corrected chi connectivity index (χ1v) is 4.50. The Morgan fingerprint density at radius 2 is 2.25 bits per heavy atom. The highest BCUT2D eigenvalue weighted by Gasteiger charge is 2.13. The van der Waals surface area contributed by atoms with Crippen LogP contribution in [0.25, 0.3) is 0 Å². The second-order valence-corrected chi connectivity index (χ2v) is 4.69. The first-order valence-electron chi connectivity index (χ1n) is 3.24. The molecule has 8 heavy (non-hydrogen) atoms. The van der Waals surface area contributed by atoms with Crippen LogP contribution < -0.4 is 0 Å². The van der Waals surface area contributed by atoms with Gasteiger partial charge in [-0.3, -0.25) is 0 Å². The highest BCUT2D eigenvalue weighted by molar-refractivity contribution is 6.29. The molecule has 0 aliphatic carbocycles. The van der Waals surface area contributed by atoms with Crippen LogP contribution in [0, 0.1) is 0 Å². The second-order valence-electron chi connectivity index (χ2n) is 2.43. The van der Waals surface area contributed by atoms with Gasteiger partial charge in [-0.25, -0.2) is 0 Å². The van der Waals surface area contributed by atoms with Gasteiger partial charge >= 0.3 is 0 Å². The van der Waals surface area contributed by atoms with E-state index in [1.165, 1.54) is 19.6 Å². The van der Waals surface area contributed by atoms with Crippen LogP contribution in [0.3, 0.4) is 0 Å². The maximum absolute atomic E-state index is 2.57. The smallest absolute Gasteiger partial charge is 0.172 e. The molecule has 0 bridgehead atoms. The van der Waals surface area contributed by atoms with Crippen LogP contribution in [-0.2, 0) is 0 Å². The molecule has 0 spiro atoms. The summed E-state index contributed by atoms with van der Waals surface area (Å²) >= 11 is 0. The summed E-state index contributed by atoms with van der Waals surface area (Å²) in [5.74, 6) is 0. The predicted molar refractivity (Wildman–Crippen MR) is 38.4 cm³/mol. The maximum atomic E-state index is 2.57. The van der Waals surface area contributed by atoms with E-state index in [0.717, 1.165) is 0 Å². The van der Waals surface area contributed by atoms with Gasteiger partial charge < -0.3 is 9.13 Å². The third-order valence-corrected chi connectivity index (χ3v) is 3.65. The van der Waals surface area contributed by atoms with Gasteiger partial charge in [0.15, 0.2) is 9.84 Å². The molecule has 1 fully saturated rings. The van der Waals surface area contributed by atoms with Gasteiger partial charge in [-0.05, 0) is 13.6 Å². The Kier molecular flexibility index (Phi) is 2.05. The Morgan fingerprint density at radius 1 is 1.50 bits per heavy atom. The fraction of sp³-hybridized carbons (Fsp3) is 1.00. The molecule has 2 nitrogen and oxygen atoms in total. The van der Waals surface area contributed by atoms with Gasteiger partial charge in [0.2, 0.25) is 0 Å². The summed E-state index contributed by atoms with van der Waals surface area (Å²) in [5, 5.41) is 0. The van der Waals surface area contributed by atoms with Crippen LogP contribution in [0.2, 0.25) is 0 Å². The topological polar surface area (TPSA) is 6.48 Å². The van der Waals surface area contributed by atoms with E-state index in [2.05, 4.69) is 23.1 Å². The van der Waals surface area contributed by atoms with Gasteiger partial charge in [0.05, 0.1) is 0 Å². The molecule has 0 aromatic heterocycles. The van der Waals surface area contributed by atoms with Gasteiger partial charge in [0.1, 0.15) is 0 Å². The summed E-state index contributed by atoms with van der Waals surface area (Å²) in [6.07, 6.45) is 0. The molecular weight excluding hydrogens is 116 g/mol. The lowest BCUT2D eigenvalue weighted by Crippen LogP contribution is -2.26. The number of likely N-dealkylation sites (N-methyl/N-ethyl adjacent to an activating group) is 2. The zero-order valence-electron chi connectivity index (χ0n) is 5.72. The number of hydrogen-bond donors (Lipinski definition) is 0. The van der Waals surface area contributed by atoms with E-state index in [9.17, 15) is 0 Å². The number of rotatable bonds is 1. The average Bonchev–Trinajstić information content (AvgIpc) is 2.14. The first-order chi connectivity index (χ1) is 3.83. The molecule has 1 aliphatic rings. The van der Waals surface area contributed by atoms with E-state index in [0.29, 0.717) is 0 Å². The van der Waals surface area contributed by atoms with E-state index in [-0.39, 0.29) is 9.84 Å². The van der Waals surface area contributed by atoms with E-state index in [1.807, 2.05) is 0 Å². The predicted octanol–water partition coefficient (Wildman–Crippen LogP) is -0.748. The van der Waals surface area contributed by atoms with Crippen LogP contribution in [0.4, 0.5) is 0 Å². The molecule has 0 N–H and O–H groups in total. The van der Waals surface area contributed by atoms with Crippen molar-refractivity contribution in [2.45, 2.75) is 6.92 Å². The van der Waals surface area contributed by atoms with Gasteiger partial charge in [0.25, 0.3) is 0 Å². The van der Waals surface area contributed by atoms with Crippen molar-refractivity contribution in [3.8, 4) is 0 Å². The lowest BCUT2D eigenvalue weighted by molar-refractivity contribution is 0.503. The summed E-state index contributed by atoms with van der Waals surface area (Å²) in [7, 11) is 2.27.